The van der Waals surface area contributed by atoms with Gasteiger partial charge in [-0.25, -0.2) is 4.98 Å². The van der Waals surface area contributed by atoms with E-state index in [0.717, 1.165) is 11.7 Å². The predicted octanol–water partition coefficient (Wildman–Crippen LogP) is 3.50. The average Bonchev–Trinajstić information content (AvgIpc) is 2.79. The van der Waals surface area contributed by atoms with Gasteiger partial charge in [0, 0.05) is 24.9 Å². The molecule has 0 spiro atoms. The topological polar surface area (TPSA) is 33.2 Å². The number of ketones is 1. The van der Waals surface area contributed by atoms with Gasteiger partial charge in [0.05, 0.1) is 0 Å². The number of Topliss-reactive ketones (excluding diaryl/α,β-unsaturated/α-hetero) is 1. The van der Waals surface area contributed by atoms with Gasteiger partial charge < -0.3 is 4.90 Å². The van der Waals surface area contributed by atoms with Gasteiger partial charge in [0.25, 0.3) is 0 Å². The number of rotatable bonds is 4. The van der Waals surface area contributed by atoms with Crippen molar-refractivity contribution in [3.8, 4) is 0 Å². The number of hydrogen-bond donors (Lipinski definition) is 0. The zero-order chi connectivity index (χ0) is 12.3. The molecule has 1 aromatic heterocycles. The molecule has 1 aliphatic rings. The molecule has 1 saturated heterocycles. The van der Waals surface area contributed by atoms with Crippen LogP contribution in [-0.2, 0) is 0 Å². The second kappa shape index (κ2) is 5.63. The van der Waals surface area contributed by atoms with E-state index in [1.54, 1.807) is 18.3 Å². The van der Waals surface area contributed by atoms with Gasteiger partial charge in [0.2, 0.25) is 0 Å². The van der Waals surface area contributed by atoms with Crippen LogP contribution in [0.5, 0.6) is 0 Å². The van der Waals surface area contributed by atoms with Crippen LogP contribution in [0.25, 0.3) is 0 Å². The second-order valence-electron chi connectivity index (χ2n) is 4.70. The molecule has 1 aliphatic heterocycles. The third-order valence-electron chi connectivity index (χ3n) is 3.35. The smallest absolute Gasteiger partial charge is 0.186 e. The lowest BCUT2D eigenvalue weighted by molar-refractivity contribution is 0.101. The summed E-state index contributed by atoms with van der Waals surface area (Å²) >= 11 is 1.61. The maximum absolute atomic E-state index is 11.3. The van der Waals surface area contributed by atoms with Crippen LogP contribution in [0.1, 0.15) is 56.4 Å². The molecule has 2 rings (SSSR count). The van der Waals surface area contributed by atoms with Gasteiger partial charge >= 0.3 is 0 Å². The molecule has 1 fully saturated rings. The van der Waals surface area contributed by atoms with Gasteiger partial charge in [0.15, 0.2) is 10.9 Å². The second-order valence-corrected chi connectivity index (χ2v) is 5.54. The Balaban J connectivity index is 2.14. The van der Waals surface area contributed by atoms with Crippen molar-refractivity contribution in [2.45, 2.75) is 52.0 Å². The molecule has 1 unspecified atom stereocenters. The van der Waals surface area contributed by atoms with E-state index in [2.05, 4.69) is 16.8 Å². The van der Waals surface area contributed by atoms with Gasteiger partial charge in [-0.1, -0.05) is 13.3 Å². The van der Waals surface area contributed by atoms with Crippen molar-refractivity contribution in [3.63, 3.8) is 0 Å². The van der Waals surface area contributed by atoms with Crippen LogP contribution in [0, 0.1) is 0 Å². The minimum Gasteiger partial charge on any atom is -0.345 e. The first-order chi connectivity index (χ1) is 8.22. The minimum absolute atomic E-state index is 0.0663. The highest BCUT2D eigenvalue weighted by Crippen LogP contribution is 2.29. The predicted molar refractivity (Wildman–Crippen MR) is 72.0 cm³/mol. The molecule has 2 heterocycles. The fraction of sp³-hybridized carbons (Fsp3) is 0.692. The molecule has 0 aromatic carbocycles. The Labute approximate surface area is 107 Å². The van der Waals surface area contributed by atoms with Crippen molar-refractivity contribution in [2.24, 2.45) is 0 Å². The molecule has 94 valence electrons. The first-order valence-electron chi connectivity index (χ1n) is 6.45. The lowest BCUT2D eigenvalue weighted by atomic mass is 9.99. The summed E-state index contributed by atoms with van der Waals surface area (Å²) in [5, 5.41) is 2.92. The largest absolute Gasteiger partial charge is 0.345 e. The van der Waals surface area contributed by atoms with Crippen LogP contribution in [-0.4, -0.2) is 23.4 Å². The maximum atomic E-state index is 11.3. The Morgan fingerprint density at radius 2 is 2.41 bits per heavy atom. The number of anilines is 1. The van der Waals surface area contributed by atoms with Crippen molar-refractivity contribution in [3.05, 3.63) is 11.1 Å². The third-order valence-corrected chi connectivity index (χ3v) is 4.23. The summed E-state index contributed by atoms with van der Waals surface area (Å²) in [6.07, 6.45) is 6.28. The van der Waals surface area contributed by atoms with E-state index in [1.807, 2.05) is 5.38 Å². The molecule has 3 nitrogen and oxygen atoms in total. The zero-order valence-electron chi connectivity index (χ0n) is 10.6. The fourth-order valence-corrected chi connectivity index (χ4v) is 3.41. The Morgan fingerprint density at radius 3 is 3.06 bits per heavy atom. The summed E-state index contributed by atoms with van der Waals surface area (Å²) in [7, 11) is 0. The SMILES string of the molecule is CCCC1CCCCN1c1nc(C(C)=O)cs1. The van der Waals surface area contributed by atoms with Crippen molar-refractivity contribution in [1.29, 1.82) is 0 Å². The first-order valence-corrected chi connectivity index (χ1v) is 7.33. The van der Waals surface area contributed by atoms with Gasteiger partial charge in [-0.3, -0.25) is 4.79 Å². The van der Waals surface area contributed by atoms with Crippen molar-refractivity contribution in [1.82, 2.24) is 4.98 Å². The average molecular weight is 252 g/mol. The summed E-state index contributed by atoms with van der Waals surface area (Å²) < 4.78 is 0. The molecule has 17 heavy (non-hydrogen) atoms. The van der Waals surface area contributed by atoms with Crippen molar-refractivity contribution >= 4 is 22.3 Å². The van der Waals surface area contributed by atoms with E-state index in [1.165, 1.54) is 32.1 Å². The summed E-state index contributed by atoms with van der Waals surface area (Å²) in [4.78, 5) is 18.1. The minimum atomic E-state index is 0.0663. The molecule has 0 N–H and O–H groups in total. The van der Waals surface area contributed by atoms with Gasteiger partial charge in [-0.2, -0.15) is 0 Å². The Bertz CT molecular complexity index is 387. The van der Waals surface area contributed by atoms with Crippen LogP contribution in [0.2, 0.25) is 0 Å². The summed E-state index contributed by atoms with van der Waals surface area (Å²) in [6, 6.07) is 0.625. The Hall–Kier alpha value is -0.900. The standard InChI is InChI=1S/C13H20N2OS/c1-3-6-11-7-4-5-8-15(11)13-14-12(9-17-13)10(2)16/h9,11H,3-8H2,1-2H3. The van der Waals surface area contributed by atoms with Gasteiger partial charge in [-0.05, 0) is 25.7 Å². The first kappa shape index (κ1) is 12.6. The molecule has 0 bridgehead atoms. The van der Waals surface area contributed by atoms with Gasteiger partial charge in [-0.15, -0.1) is 11.3 Å². The van der Waals surface area contributed by atoms with Crippen LogP contribution < -0.4 is 4.90 Å². The highest BCUT2D eigenvalue weighted by molar-refractivity contribution is 7.13. The van der Waals surface area contributed by atoms with E-state index in [9.17, 15) is 4.79 Å². The summed E-state index contributed by atoms with van der Waals surface area (Å²) in [5.41, 5.74) is 0.617. The number of carbonyl (C=O) groups excluding carboxylic acids is 1. The maximum Gasteiger partial charge on any atom is 0.186 e. The van der Waals surface area contributed by atoms with Gasteiger partial charge in [0.1, 0.15) is 5.69 Å². The van der Waals surface area contributed by atoms with E-state index in [-0.39, 0.29) is 5.78 Å². The van der Waals surface area contributed by atoms with Crippen LogP contribution in [0.3, 0.4) is 0 Å². The van der Waals surface area contributed by atoms with E-state index in [4.69, 9.17) is 0 Å². The number of carbonyl (C=O) groups is 1. The molecular formula is C13H20N2OS. The molecular weight excluding hydrogens is 232 g/mol. The lowest BCUT2D eigenvalue weighted by Crippen LogP contribution is -2.39. The number of piperidine rings is 1. The third kappa shape index (κ3) is 2.86. The van der Waals surface area contributed by atoms with E-state index in [0.29, 0.717) is 11.7 Å². The molecule has 1 atom stereocenters. The lowest BCUT2D eigenvalue weighted by Gasteiger charge is -2.35. The molecule has 4 heteroatoms. The van der Waals surface area contributed by atoms with Crippen LogP contribution in [0.15, 0.2) is 5.38 Å². The molecule has 0 radical (unpaired) electrons. The summed E-state index contributed by atoms with van der Waals surface area (Å²) in [6.45, 7) is 4.91. The number of nitrogens with zero attached hydrogens (tertiary/aromatic N) is 2. The van der Waals surface area contributed by atoms with Crippen LogP contribution >= 0.6 is 11.3 Å². The molecule has 0 saturated carbocycles. The Kier molecular flexibility index (Phi) is 4.15. The van der Waals surface area contributed by atoms with E-state index < -0.39 is 0 Å². The van der Waals surface area contributed by atoms with Crippen molar-refractivity contribution in [2.75, 3.05) is 11.4 Å². The van der Waals surface area contributed by atoms with Crippen LogP contribution in [0.4, 0.5) is 5.13 Å². The molecule has 0 amide bonds. The number of hydrogen-bond acceptors (Lipinski definition) is 4. The van der Waals surface area contributed by atoms with E-state index >= 15 is 0 Å². The molecule has 1 aromatic rings. The highest BCUT2D eigenvalue weighted by atomic mass is 32.1. The zero-order valence-corrected chi connectivity index (χ0v) is 11.4. The fourth-order valence-electron chi connectivity index (χ4n) is 2.44. The monoisotopic (exact) mass is 252 g/mol. The highest BCUT2D eigenvalue weighted by Gasteiger charge is 2.24. The van der Waals surface area contributed by atoms with Crippen molar-refractivity contribution < 1.29 is 4.79 Å². The molecule has 0 aliphatic carbocycles. The summed E-state index contributed by atoms with van der Waals surface area (Å²) in [5.74, 6) is 0.0663. The Morgan fingerprint density at radius 1 is 1.59 bits per heavy atom. The quantitative estimate of drug-likeness (QED) is 0.769. The number of aromatic nitrogens is 1. The number of thiazole rings is 1. The normalized spacial score (nSPS) is 20.6.